The number of carbonyl (C=O) groups is 1. The molecule has 3 nitrogen and oxygen atoms in total. The standard InChI is InChI=1S/C16H19ClN2O/c17-11-16(20)18-9-8-13-12-5-1-2-6-14(12)19-10-4-3-7-15(13)19/h3-4,7,10H,1-2,5-6,8-9,11H2,(H,18,20). The van der Waals surface area contributed by atoms with Crippen LogP contribution in [0.25, 0.3) is 5.52 Å². The Morgan fingerprint density at radius 2 is 2.15 bits per heavy atom. The number of hydrogen-bond donors (Lipinski definition) is 1. The minimum Gasteiger partial charge on any atom is -0.355 e. The van der Waals surface area contributed by atoms with Gasteiger partial charge in [-0.15, -0.1) is 11.6 Å². The molecule has 2 heterocycles. The van der Waals surface area contributed by atoms with E-state index in [2.05, 4.69) is 34.1 Å². The van der Waals surface area contributed by atoms with Gasteiger partial charge in [0, 0.05) is 24.0 Å². The van der Waals surface area contributed by atoms with Crippen LogP contribution in [0.15, 0.2) is 24.4 Å². The molecule has 2 aromatic heterocycles. The van der Waals surface area contributed by atoms with Crippen molar-refractivity contribution in [2.24, 2.45) is 0 Å². The average Bonchev–Trinajstić information content (AvgIpc) is 2.82. The molecule has 4 heteroatoms. The van der Waals surface area contributed by atoms with E-state index >= 15 is 0 Å². The van der Waals surface area contributed by atoms with Crippen molar-refractivity contribution in [3.8, 4) is 0 Å². The van der Waals surface area contributed by atoms with Gasteiger partial charge in [0.25, 0.3) is 0 Å². The van der Waals surface area contributed by atoms with Crippen LogP contribution in [0.1, 0.15) is 29.7 Å². The van der Waals surface area contributed by atoms with Crippen LogP contribution < -0.4 is 5.32 Å². The molecule has 106 valence electrons. The van der Waals surface area contributed by atoms with Crippen molar-refractivity contribution < 1.29 is 4.79 Å². The lowest BCUT2D eigenvalue weighted by Crippen LogP contribution is -2.26. The van der Waals surface area contributed by atoms with Crippen LogP contribution in [0, 0.1) is 0 Å². The Morgan fingerprint density at radius 3 is 3.00 bits per heavy atom. The van der Waals surface area contributed by atoms with Gasteiger partial charge in [0.2, 0.25) is 5.91 Å². The van der Waals surface area contributed by atoms with Crippen LogP contribution in [0.2, 0.25) is 0 Å². The van der Waals surface area contributed by atoms with Crippen LogP contribution in [0.5, 0.6) is 0 Å². The van der Waals surface area contributed by atoms with Crippen molar-refractivity contribution in [1.82, 2.24) is 9.72 Å². The van der Waals surface area contributed by atoms with Gasteiger partial charge in [-0.25, -0.2) is 0 Å². The zero-order valence-electron chi connectivity index (χ0n) is 11.5. The Kier molecular flexibility index (Phi) is 3.97. The molecule has 0 bridgehead atoms. The second-order valence-corrected chi connectivity index (χ2v) is 5.57. The van der Waals surface area contributed by atoms with Crippen molar-refractivity contribution in [2.75, 3.05) is 12.4 Å². The molecule has 0 spiro atoms. The van der Waals surface area contributed by atoms with Crippen LogP contribution in [-0.4, -0.2) is 22.7 Å². The molecule has 1 aliphatic carbocycles. The summed E-state index contributed by atoms with van der Waals surface area (Å²) < 4.78 is 2.33. The van der Waals surface area contributed by atoms with E-state index in [1.165, 1.54) is 35.2 Å². The Balaban J connectivity index is 1.91. The van der Waals surface area contributed by atoms with Gasteiger partial charge in [0.1, 0.15) is 5.88 Å². The highest BCUT2D eigenvalue weighted by Crippen LogP contribution is 2.30. The molecule has 0 atom stereocenters. The maximum Gasteiger partial charge on any atom is 0.234 e. The number of fused-ring (bicyclic) bond motifs is 3. The second kappa shape index (κ2) is 5.88. The maximum atomic E-state index is 11.2. The van der Waals surface area contributed by atoms with Crippen molar-refractivity contribution in [1.29, 1.82) is 0 Å². The number of alkyl halides is 1. The third kappa shape index (κ3) is 2.42. The molecular weight excluding hydrogens is 272 g/mol. The summed E-state index contributed by atoms with van der Waals surface area (Å²) in [6.45, 7) is 0.659. The van der Waals surface area contributed by atoms with Gasteiger partial charge in [0.05, 0.1) is 0 Å². The van der Waals surface area contributed by atoms with Crippen molar-refractivity contribution in [2.45, 2.75) is 32.1 Å². The van der Waals surface area contributed by atoms with Gasteiger partial charge in [-0.1, -0.05) is 6.07 Å². The summed E-state index contributed by atoms with van der Waals surface area (Å²) in [6, 6.07) is 6.35. The van der Waals surface area contributed by atoms with E-state index in [0.717, 1.165) is 19.3 Å². The molecule has 1 amide bonds. The summed E-state index contributed by atoms with van der Waals surface area (Å²) in [5.74, 6) is -0.0571. The van der Waals surface area contributed by atoms with E-state index in [1.54, 1.807) is 0 Å². The summed E-state index contributed by atoms with van der Waals surface area (Å²) in [5.41, 5.74) is 5.66. The molecule has 0 radical (unpaired) electrons. The molecular formula is C16H19ClN2O. The predicted octanol–water partition coefficient (Wildman–Crippen LogP) is 2.72. The molecule has 3 rings (SSSR count). The Bertz CT molecular complexity index is 633. The summed E-state index contributed by atoms with van der Waals surface area (Å²) >= 11 is 5.51. The molecule has 2 aromatic rings. The zero-order chi connectivity index (χ0) is 13.9. The molecule has 0 saturated carbocycles. The normalized spacial score (nSPS) is 14.2. The number of rotatable bonds is 4. The van der Waals surface area contributed by atoms with Crippen LogP contribution in [-0.2, 0) is 24.1 Å². The maximum absolute atomic E-state index is 11.2. The number of halogens is 1. The van der Waals surface area contributed by atoms with E-state index < -0.39 is 0 Å². The second-order valence-electron chi connectivity index (χ2n) is 5.30. The zero-order valence-corrected chi connectivity index (χ0v) is 12.2. The van der Waals surface area contributed by atoms with E-state index in [9.17, 15) is 4.79 Å². The van der Waals surface area contributed by atoms with Crippen molar-refractivity contribution in [3.05, 3.63) is 41.2 Å². The quantitative estimate of drug-likeness (QED) is 0.863. The highest BCUT2D eigenvalue weighted by atomic mass is 35.5. The smallest absolute Gasteiger partial charge is 0.234 e. The van der Waals surface area contributed by atoms with E-state index in [0.29, 0.717) is 6.54 Å². The van der Waals surface area contributed by atoms with Crippen LogP contribution in [0.4, 0.5) is 0 Å². The molecule has 0 fully saturated rings. The predicted molar refractivity (Wildman–Crippen MR) is 81.5 cm³/mol. The largest absolute Gasteiger partial charge is 0.355 e. The number of nitrogens with one attached hydrogen (secondary N) is 1. The number of hydrogen-bond acceptors (Lipinski definition) is 1. The number of amides is 1. The molecule has 1 aliphatic rings. The van der Waals surface area contributed by atoms with Gasteiger partial charge >= 0.3 is 0 Å². The third-order valence-corrected chi connectivity index (χ3v) is 4.32. The fraction of sp³-hybridized carbons (Fsp3) is 0.438. The minimum atomic E-state index is -0.0935. The number of pyridine rings is 1. The molecule has 0 saturated heterocycles. The van der Waals surface area contributed by atoms with E-state index in [4.69, 9.17) is 11.6 Å². The monoisotopic (exact) mass is 290 g/mol. The lowest BCUT2D eigenvalue weighted by Gasteiger charge is -2.13. The number of nitrogens with zero attached hydrogens (tertiary/aromatic N) is 1. The Labute approximate surface area is 123 Å². The van der Waals surface area contributed by atoms with Gasteiger partial charge < -0.3 is 9.72 Å². The topological polar surface area (TPSA) is 33.5 Å². The van der Waals surface area contributed by atoms with Gasteiger partial charge in [-0.3, -0.25) is 4.79 Å². The molecule has 0 aromatic carbocycles. The highest BCUT2D eigenvalue weighted by molar-refractivity contribution is 6.27. The van der Waals surface area contributed by atoms with Gasteiger partial charge in [-0.05, 0) is 55.4 Å². The number of aryl methyl sites for hydroxylation is 1. The first kappa shape index (κ1) is 13.5. The molecule has 0 aliphatic heterocycles. The first-order valence-electron chi connectivity index (χ1n) is 7.23. The number of aromatic nitrogens is 1. The Hall–Kier alpha value is -1.48. The van der Waals surface area contributed by atoms with E-state index in [1.807, 2.05) is 0 Å². The van der Waals surface area contributed by atoms with Crippen molar-refractivity contribution >= 4 is 23.0 Å². The molecule has 20 heavy (non-hydrogen) atoms. The lowest BCUT2D eigenvalue weighted by molar-refractivity contribution is -0.118. The SMILES string of the molecule is O=C(CCl)NCCc1c2c(n3ccccc13)CCCC2. The lowest BCUT2D eigenvalue weighted by atomic mass is 9.93. The number of carbonyl (C=O) groups excluding carboxylic acids is 1. The van der Waals surface area contributed by atoms with Gasteiger partial charge in [0.15, 0.2) is 0 Å². The molecule has 0 unspecified atom stereocenters. The summed E-state index contributed by atoms with van der Waals surface area (Å²) in [6.07, 6.45) is 7.90. The van der Waals surface area contributed by atoms with Gasteiger partial charge in [-0.2, -0.15) is 0 Å². The van der Waals surface area contributed by atoms with Crippen molar-refractivity contribution in [3.63, 3.8) is 0 Å². The minimum absolute atomic E-state index is 0.0363. The first-order chi connectivity index (χ1) is 9.81. The average molecular weight is 291 g/mol. The molecule has 1 N–H and O–H groups in total. The fourth-order valence-corrected chi connectivity index (χ4v) is 3.31. The summed E-state index contributed by atoms with van der Waals surface area (Å²) in [7, 11) is 0. The summed E-state index contributed by atoms with van der Waals surface area (Å²) in [5, 5.41) is 2.86. The van der Waals surface area contributed by atoms with Crippen LogP contribution in [0.3, 0.4) is 0 Å². The highest BCUT2D eigenvalue weighted by Gasteiger charge is 2.20. The fourth-order valence-electron chi connectivity index (χ4n) is 3.21. The summed E-state index contributed by atoms with van der Waals surface area (Å²) in [4.78, 5) is 11.2. The van der Waals surface area contributed by atoms with E-state index in [-0.39, 0.29) is 11.8 Å². The van der Waals surface area contributed by atoms with Crippen LogP contribution >= 0.6 is 11.6 Å². The Morgan fingerprint density at radius 1 is 1.30 bits per heavy atom. The third-order valence-electron chi connectivity index (χ3n) is 4.08. The first-order valence-corrected chi connectivity index (χ1v) is 7.77.